The molecule has 0 aliphatic rings. The SMILES string of the molecule is CCN(Cc1ccco1)c1cc(F)cc(C=O)c1. The zero-order chi connectivity index (χ0) is 13.0. The number of anilines is 1. The maximum atomic E-state index is 13.4. The van der Waals surface area contributed by atoms with Crippen molar-refractivity contribution in [1.82, 2.24) is 0 Å². The number of carbonyl (C=O) groups is 1. The molecule has 0 spiro atoms. The number of aldehydes is 1. The van der Waals surface area contributed by atoms with E-state index >= 15 is 0 Å². The molecule has 0 aliphatic heterocycles. The van der Waals surface area contributed by atoms with E-state index in [0.717, 1.165) is 5.76 Å². The summed E-state index contributed by atoms with van der Waals surface area (Å²) in [6.45, 7) is 3.21. The van der Waals surface area contributed by atoms with E-state index in [2.05, 4.69) is 0 Å². The van der Waals surface area contributed by atoms with Gasteiger partial charge in [0.1, 0.15) is 17.9 Å². The van der Waals surface area contributed by atoms with E-state index in [0.29, 0.717) is 30.6 Å². The smallest absolute Gasteiger partial charge is 0.150 e. The molecular weight excluding hydrogens is 233 g/mol. The van der Waals surface area contributed by atoms with E-state index in [9.17, 15) is 9.18 Å². The van der Waals surface area contributed by atoms with Gasteiger partial charge in [-0.25, -0.2) is 4.39 Å². The molecule has 3 nitrogen and oxygen atoms in total. The number of furan rings is 1. The average molecular weight is 247 g/mol. The zero-order valence-electron chi connectivity index (χ0n) is 10.1. The van der Waals surface area contributed by atoms with Crippen molar-refractivity contribution in [1.29, 1.82) is 0 Å². The van der Waals surface area contributed by atoms with Crippen LogP contribution in [0.25, 0.3) is 0 Å². The van der Waals surface area contributed by atoms with Crippen LogP contribution in [0.2, 0.25) is 0 Å². The van der Waals surface area contributed by atoms with Gasteiger partial charge in [-0.05, 0) is 37.3 Å². The molecule has 94 valence electrons. The van der Waals surface area contributed by atoms with Crippen LogP contribution in [0.15, 0.2) is 41.0 Å². The molecule has 18 heavy (non-hydrogen) atoms. The number of nitrogens with zero attached hydrogens (tertiary/aromatic N) is 1. The summed E-state index contributed by atoms with van der Waals surface area (Å²) in [6, 6.07) is 7.98. The van der Waals surface area contributed by atoms with Crippen LogP contribution >= 0.6 is 0 Å². The Kier molecular flexibility index (Phi) is 3.77. The van der Waals surface area contributed by atoms with Crippen molar-refractivity contribution >= 4 is 12.0 Å². The lowest BCUT2D eigenvalue weighted by atomic mass is 10.2. The summed E-state index contributed by atoms with van der Waals surface area (Å²) >= 11 is 0. The molecule has 0 unspecified atom stereocenters. The topological polar surface area (TPSA) is 33.5 Å². The first-order valence-electron chi connectivity index (χ1n) is 5.76. The summed E-state index contributed by atoms with van der Waals surface area (Å²) in [5.74, 6) is 0.390. The van der Waals surface area contributed by atoms with Gasteiger partial charge < -0.3 is 9.32 Å². The maximum absolute atomic E-state index is 13.4. The van der Waals surface area contributed by atoms with Gasteiger partial charge in [-0.2, -0.15) is 0 Å². The molecule has 0 amide bonds. The molecule has 0 atom stereocenters. The molecule has 1 aromatic heterocycles. The fourth-order valence-electron chi connectivity index (χ4n) is 1.82. The minimum atomic E-state index is -0.410. The molecule has 1 heterocycles. The highest BCUT2D eigenvalue weighted by Crippen LogP contribution is 2.20. The summed E-state index contributed by atoms with van der Waals surface area (Å²) in [5, 5.41) is 0. The van der Waals surface area contributed by atoms with Crippen LogP contribution in [-0.2, 0) is 6.54 Å². The third-order valence-corrected chi connectivity index (χ3v) is 2.71. The quantitative estimate of drug-likeness (QED) is 0.760. The van der Waals surface area contributed by atoms with Crippen LogP contribution in [0.1, 0.15) is 23.0 Å². The Labute approximate surface area is 105 Å². The third-order valence-electron chi connectivity index (χ3n) is 2.71. The van der Waals surface area contributed by atoms with Crippen molar-refractivity contribution in [2.45, 2.75) is 13.5 Å². The predicted octanol–water partition coefficient (Wildman–Crippen LogP) is 3.26. The minimum absolute atomic E-state index is 0.336. The van der Waals surface area contributed by atoms with Crippen molar-refractivity contribution in [3.05, 3.63) is 53.7 Å². The third kappa shape index (κ3) is 2.77. The van der Waals surface area contributed by atoms with Crippen molar-refractivity contribution in [3.63, 3.8) is 0 Å². The Hall–Kier alpha value is -2.10. The van der Waals surface area contributed by atoms with Gasteiger partial charge in [-0.1, -0.05) is 0 Å². The molecule has 0 fully saturated rings. The van der Waals surface area contributed by atoms with Crippen molar-refractivity contribution in [2.75, 3.05) is 11.4 Å². The van der Waals surface area contributed by atoms with Crippen LogP contribution in [0.3, 0.4) is 0 Å². The predicted molar refractivity (Wildman–Crippen MR) is 67.2 cm³/mol. The molecule has 0 radical (unpaired) electrons. The van der Waals surface area contributed by atoms with Gasteiger partial charge >= 0.3 is 0 Å². The normalized spacial score (nSPS) is 10.3. The average Bonchev–Trinajstić information content (AvgIpc) is 2.88. The maximum Gasteiger partial charge on any atom is 0.150 e. The van der Waals surface area contributed by atoms with E-state index in [4.69, 9.17) is 4.42 Å². The Morgan fingerprint density at radius 1 is 1.39 bits per heavy atom. The number of halogens is 1. The first-order chi connectivity index (χ1) is 8.72. The van der Waals surface area contributed by atoms with E-state index in [-0.39, 0.29) is 0 Å². The summed E-state index contributed by atoms with van der Waals surface area (Å²) < 4.78 is 18.7. The highest BCUT2D eigenvalue weighted by Gasteiger charge is 2.09. The lowest BCUT2D eigenvalue weighted by molar-refractivity contribution is 0.112. The monoisotopic (exact) mass is 247 g/mol. The summed E-state index contributed by atoms with van der Waals surface area (Å²) in [4.78, 5) is 12.7. The fourth-order valence-corrected chi connectivity index (χ4v) is 1.82. The van der Waals surface area contributed by atoms with Crippen molar-refractivity contribution in [3.8, 4) is 0 Å². The summed E-state index contributed by atoms with van der Waals surface area (Å²) in [7, 11) is 0. The van der Waals surface area contributed by atoms with Crippen LogP contribution < -0.4 is 4.90 Å². The van der Waals surface area contributed by atoms with Gasteiger partial charge in [0, 0.05) is 17.8 Å². The first kappa shape index (κ1) is 12.4. The van der Waals surface area contributed by atoms with E-state index < -0.39 is 5.82 Å². The molecule has 2 rings (SSSR count). The highest BCUT2D eigenvalue weighted by molar-refractivity contribution is 5.77. The molecule has 0 saturated heterocycles. The Morgan fingerprint density at radius 2 is 2.22 bits per heavy atom. The van der Waals surface area contributed by atoms with Crippen LogP contribution in [0.5, 0.6) is 0 Å². The zero-order valence-corrected chi connectivity index (χ0v) is 10.1. The van der Waals surface area contributed by atoms with Crippen molar-refractivity contribution < 1.29 is 13.6 Å². The van der Waals surface area contributed by atoms with Gasteiger partial charge in [-0.3, -0.25) is 4.79 Å². The lowest BCUT2D eigenvalue weighted by Gasteiger charge is -2.22. The Bertz CT molecular complexity index is 523. The van der Waals surface area contributed by atoms with Gasteiger partial charge in [-0.15, -0.1) is 0 Å². The van der Waals surface area contributed by atoms with Crippen molar-refractivity contribution in [2.24, 2.45) is 0 Å². The molecule has 2 aromatic rings. The van der Waals surface area contributed by atoms with Crippen LogP contribution in [-0.4, -0.2) is 12.8 Å². The van der Waals surface area contributed by atoms with E-state index in [1.165, 1.54) is 12.1 Å². The molecule has 4 heteroatoms. The fraction of sp³-hybridized carbons (Fsp3) is 0.214. The second-order valence-electron chi connectivity index (χ2n) is 3.95. The number of hydrogen-bond donors (Lipinski definition) is 0. The molecule has 0 N–H and O–H groups in total. The Morgan fingerprint density at radius 3 is 2.83 bits per heavy atom. The standard InChI is InChI=1S/C14H14FNO2/c1-2-16(9-14-4-3-5-18-14)13-7-11(10-17)6-12(15)8-13/h3-8,10H,2,9H2,1H3. The van der Waals surface area contributed by atoms with Crippen LogP contribution in [0, 0.1) is 5.82 Å². The molecule has 0 bridgehead atoms. The lowest BCUT2D eigenvalue weighted by Crippen LogP contribution is -2.22. The summed E-state index contributed by atoms with van der Waals surface area (Å²) in [6.07, 6.45) is 2.25. The Balaban J connectivity index is 2.26. The number of hydrogen-bond acceptors (Lipinski definition) is 3. The molecule has 0 aliphatic carbocycles. The van der Waals surface area contributed by atoms with Crippen LogP contribution in [0.4, 0.5) is 10.1 Å². The molecular formula is C14H14FNO2. The highest BCUT2D eigenvalue weighted by atomic mass is 19.1. The van der Waals surface area contributed by atoms with Gasteiger partial charge in [0.25, 0.3) is 0 Å². The van der Waals surface area contributed by atoms with E-state index in [1.807, 2.05) is 24.0 Å². The second-order valence-corrected chi connectivity index (χ2v) is 3.95. The van der Waals surface area contributed by atoms with Gasteiger partial charge in [0.05, 0.1) is 12.8 Å². The minimum Gasteiger partial charge on any atom is -0.467 e. The summed E-state index contributed by atoms with van der Waals surface area (Å²) in [5.41, 5.74) is 1.01. The largest absolute Gasteiger partial charge is 0.467 e. The molecule has 0 saturated carbocycles. The second kappa shape index (κ2) is 5.49. The number of rotatable bonds is 5. The number of benzene rings is 1. The molecule has 1 aromatic carbocycles. The van der Waals surface area contributed by atoms with Gasteiger partial charge in [0.2, 0.25) is 0 Å². The van der Waals surface area contributed by atoms with Gasteiger partial charge in [0.15, 0.2) is 0 Å². The number of carbonyl (C=O) groups excluding carboxylic acids is 1. The van der Waals surface area contributed by atoms with E-state index in [1.54, 1.807) is 12.3 Å². The first-order valence-corrected chi connectivity index (χ1v) is 5.76.